The molecule has 0 aliphatic rings. The van der Waals surface area contributed by atoms with Crippen molar-refractivity contribution >= 4 is 87.2 Å². The van der Waals surface area contributed by atoms with Gasteiger partial charge in [-0.25, -0.2) is 4.98 Å². The molecule has 0 atom stereocenters. The van der Waals surface area contributed by atoms with Crippen LogP contribution in [-0.2, 0) is 0 Å². The first-order valence-corrected chi connectivity index (χ1v) is 31.6. The van der Waals surface area contributed by atoms with E-state index in [2.05, 4.69) is 279 Å². The normalized spacial score (nSPS) is 11.6. The Morgan fingerprint density at radius 1 is 0.202 bits per heavy atom. The van der Waals surface area contributed by atoms with Gasteiger partial charge in [0, 0.05) is 94.8 Å². The molecule has 0 aliphatic heterocycles. The highest BCUT2D eigenvalue weighted by Gasteiger charge is 2.23. The van der Waals surface area contributed by atoms with Gasteiger partial charge in [-0.15, -0.1) is 0 Å². The zero-order valence-corrected chi connectivity index (χ0v) is 50.8. The van der Waals surface area contributed by atoms with Crippen LogP contribution in [0.25, 0.3) is 167 Å². The van der Waals surface area contributed by atoms with Crippen molar-refractivity contribution in [3.05, 3.63) is 334 Å². The fourth-order valence-corrected chi connectivity index (χ4v) is 14.0. The second-order valence-corrected chi connectivity index (χ2v) is 23.6. The van der Waals surface area contributed by atoms with E-state index in [0.29, 0.717) is 17.6 Å². The molecule has 12 aromatic carbocycles. The van der Waals surface area contributed by atoms with E-state index in [1.165, 1.54) is 54.6 Å². The van der Waals surface area contributed by atoms with Crippen LogP contribution in [0.2, 0.25) is 0 Å². The van der Waals surface area contributed by atoms with Crippen molar-refractivity contribution in [1.82, 2.24) is 43.2 Å². The van der Waals surface area contributed by atoms with E-state index in [4.69, 9.17) is 24.9 Å². The SMILES string of the molecule is c1ccc(-c2ccc(-n3c4ccccc4c4cc(-c5nccc6c5c5ccccc5n6-c5ccccc5)ccc43)cc2)cc1.c1ccc(-c2nc(-c3ccccc3)nc(-n3c4ccccc4c4cc(-c5nccc6c5c5ccccc5n6-c5ccccc5)ccc43)n2)cc1. The first-order valence-electron chi connectivity index (χ1n) is 31.6. The summed E-state index contributed by atoms with van der Waals surface area (Å²) >= 11 is 0. The number of fused-ring (bicyclic) bond motifs is 12. The number of para-hydroxylation sites is 6. The van der Waals surface area contributed by atoms with Crippen LogP contribution >= 0.6 is 0 Å². The molecule has 9 heteroatoms. The summed E-state index contributed by atoms with van der Waals surface area (Å²) in [6.07, 6.45) is 3.86. The Bertz CT molecular complexity index is 6020. The predicted octanol–water partition coefficient (Wildman–Crippen LogP) is 21.1. The summed E-state index contributed by atoms with van der Waals surface area (Å²) in [6, 6.07) is 113. The Kier molecular flexibility index (Phi) is 13.0. The molecule has 0 aliphatic carbocycles. The molecule has 0 N–H and O–H groups in total. The maximum Gasteiger partial charge on any atom is 0.238 e. The first kappa shape index (κ1) is 54.1. The summed E-state index contributed by atoms with van der Waals surface area (Å²) in [7, 11) is 0. The second kappa shape index (κ2) is 22.6. The minimum absolute atomic E-state index is 0.572. The molecule has 0 saturated carbocycles. The van der Waals surface area contributed by atoms with E-state index in [9.17, 15) is 0 Å². The monoisotopic (exact) mass is 1200 g/mol. The lowest BCUT2D eigenvalue weighted by molar-refractivity contribution is 0.953. The summed E-state index contributed by atoms with van der Waals surface area (Å²) in [4.78, 5) is 25.1. The summed E-state index contributed by atoms with van der Waals surface area (Å²) in [6.45, 7) is 0. The van der Waals surface area contributed by atoms with Crippen LogP contribution in [0.3, 0.4) is 0 Å². The average Bonchev–Trinajstić information content (AvgIpc) is 1.60. The third-order valence-electron chi connectivity index (χ3n) is 18.2. The molecule has 0 radical (unpaired) electrons. The largest absolute Gasteiger partial charge is 0.309 e. The predicted molar refractivity (Wildman–Crippen MR) is 386 cm³/mol. The zero-order chi connectivity index (χ0) is 62.1. The van der Waals surface area contributed by atoms with Gasteiger partial charge in [0.25, 0.3) is 0 Å². The van der Waals surface area contributed by atoms with Gasteiger partial charge in [0.15, 0.2) is 11.6 Å². The van der Waals surface area contributed by atoms with Gasteiger partial charge in [0.1, 0.15) is 0 Å². The minimum Gasteiger partial charge on any atom is -0.309 e. The lowest BCUT2D eigenvalue weighted by atomic mass is 10.0. The van der Waals surface area contributed by atoms with Gasteiger partial charge >= 0.3 is 0 Å². The maximum atomic E-state index is 5.08. The van der Waals surface area contributed by atoms with E-state index in [1.807, 2.05) is 73.1 Å². The van der Waals surface area contributed by atoms with Crippen molar-refractivity contribution in [2.75, 3.05) is 0 Å². The van der Waals surface area contributed by atoms with Gasteiger partial charge in [-0.1, -0.05) is 224 Å². The fourth-order valence-electron chi connectivity index (χ4n) is 14.0. The molecule has 19 rings (SSSR count). The summed E-state index contributed by atoms with van der Waals surface area (Å²) in [5.41, 5.74) is 20.9. The van der Waals surface area contributed by atoms with Crippen LogP contribution in [0, 0.1) is 0 Å². The highest BCUT2D eigenvalue weighted by Crippen LogP contribution is 2.43. The lowest BCUT2D eigenvalue weighted by Crippen LogP contribution is -2.06. The Balaban J connectivity index is 0.000000139. The Labute approximate surface area is 540 Å². The maximum absolute atomic E-state index is 5.08. The van der Waals surface area contributed by atoms with Gasteiger partial charge in [0.05, 0.1) is 55.5 Å². The molecule has 19 aromatic rings. The number of benzene rings is 12. The number of hydrogen-bond acceptors (Lipinski definition) is 5. The van der Waals surface area contributed by atoms with E-state index >= 15 is 0 Å². The molecule has 9 nitrogen and oxygen atoms in total. The standard InChI is InChI=1S/C44H28N6.C41H27N3/c1-4-14-29(15-5-1)42-46-43(30-16-6-2-7-17-30)48-44(47-42)50-36-22-12-10-20-33(36)35-28-31(24-25-38(35)50)41-40-34-21-11-13-23-37(34)49(39(40)26-27-45-41)32-18-8-3-9-19-32;1-3-11-28(12-4-1)29-19-22-32(23-20-29)43-36-17-9-7-15-33(36)35-27-30(21-24-38(35)43)41-40-34-16-8-10-18-37(34)44(39(40)25-26-42-41)31-13-5-2-6-14-31/h1-28H;1-27H. The van der Waals surface area contributed by atoms with Crippen molar-refractivity contribution in [1.29, 1.82) is 0 Å². The molecule has 0 spiro atoms. The second-order valence-electron chi connectivity index (χ2n) is 23.6. The molecule has 0 unspecified atom stereocenters. The number of aromatic nitrogens is 9. The van der Waals surface area contributed by atoms with Crippen molar-refractivity contribution < 1.29 is 0 Å². The fraction of sp³-hybridized carbons (Fsp3) is 0. The minimum atomic E-state index is 0.572. The summed E-state index contributed by atoms with van der Waals surface area (Å²) in [5.74, 6) is 1.83. The first-order chi connectivity index (χ1) is 46.7. The number of rotatable bonds is 9. The number of hydrogen-bond donors (Lipinski definition) is 0. The van der Waals surface area contributed by atoms with E-state index in [-0.39, 0.29) is 0 Å². The van der Waals surface area contributed by atoms with Crippen LogP contribution < -0.4 is 0 Å². The van der Waals surface area contributed by atoms with Crippen LogP contribution in [0.4, 0.5) is 0 Å². The van der Waals surface area contributed by atoms with E-state index in [0.717, 1.165) is 94.4 Å². The lowest BCUT2D eigenvalue weighted by Gasteiger charge is -2.11. The smallest absolute Gasteiger partial charge is 0.238 e. The van der Waals surface area contributed by atoms with Crippen LogP contribution in [0.1, 0.15) is 0 Å². The molecule has 0 saturated heterocycles. The Morgan fingerprint density at radius 2 is 0.521 bits per heavy atom. The van der Waals surface area contributed by atoms with Gasteiger partial charge in [-0.2, -0.15) is 9.97 Å². The van der Waals surface area contributed by atoms with Crippen molar-refractivity contribution in [2.45, 2.75) is 0 Å². The summed E-state index contributed by atoms with van der Waals surface area (Å²) in [5, 5.41) is 9.35. The molecule has 0 bridgehead atoms. The summed E-state index contributed by atoms with van der Waals surface area (Å²) < 4.78 is 9.21. The average molecular weight is 1200 g/mol. The third kappa shape index (κ3) is 9.05. The molecular formula is C85H55N9. The molecule has 94 heavy (non-hydrogen) atoms. The van der Waals surface area contributed by atoms with Gasteiger partial charge in [-0.3, -0.25) is 14.5 Å². The highest BCUT2D eigenvalue weighted by atomic mass is 15.2. The van der Waals surface area contributed by atoms with Gasteiger partial charge < -0.3 is 13.7 Å². The van der Waals surface area contributed by atoms with E-state index in [1.54, 1.807) is 0 Å². The highest BCUT2D eigenvalue weighted by molar-refractivity contribution is 6.18. The molecular weight excluding hydrogens is 1150 g/mol. The van der Waals surface area contributed by atoms with Crippen LogP contribution in [0.5, 0.6) is 0 Å². The van der Waals surface area contributed by atoms with Crippen LogP contribution in [0.15, 0.2) is 334 Å². The Morgan fingerprint density at radius 3 is 0.979 bits per heavy atom. The van der Waals surface area contributed by atoms with Gasteiger partial charge in [-0.05, 0) is 108 Å². The van der Waals surface area contributed by atoms with Crippen molar-refractivity contribution in [3.63, 3.8) is 0 Å². The zero-order valence-electron chi connectivity index (χ0n) is 50.8. The Hall–Kier alpha value is -12.9. The van der Waals surface area contributed by atoms with Crippen molar-refractivity contribution in [3.8, 4) is 79.4 Å². The molecule has 0 fully saturated rings. The third-order valence-corrected chi connectivity index (χ3v) is 18.2. The van der Waals surface area contributed by atoms with Crippen LogP contribution in [-0.4, -0.2) is 43.2 Å². The van der Waals surface area contributed by atoms with Crippen molar-refractivity contribution in [2.24, 2.45) is 0 Å². The van der Waals surface area contributed by atoms with E-state index < -0.39 is 0 Å². The number of nitrogens with zero attached hydrogens (tertiary/aromatic N) is 9. The number of pyridine rings is 2. The quantitative estimate of drug-likeness (QED) is 0.144. The molecule has 0 amide bonds. The van der Waals surface area contributed by atoms with Gasteiger partial charge in [0.2, 0.25) is 5.95 Å². The topological polar surface area (TPSA) is 84.2 Å². The molecule has 440 valence electrons. The molecule has 7 aromatic heterocycles. The molecule has 7 heterocycles.